The summed E-state index contributed by atoms with van der Waals surface area (Å²) in [7, 11) is 6.40. The lowest BCUT2D eigenvalue weighted by Gasteiger charge is -2.50. The van der Waals surface area contributed by atoms with Gasteiger partial charge in [0.15, 0.2) is 11.4 Å². The van der Waals surface area contributed by atoms with Crippen LogP contribution in [0.3, 0.4) is 0 Å². The number of aliphatic hydroxyl groups excluding tert-OH is 2. The number of amides is 2. The van der Waals surface area contributed by atoms with Crippen molar-refractivity contribution in [1.82, 2.24) is 9.80 Å². The minimum absolute atomic E-state index is 0.0184. The third-order valence-corrected chi connectivity index (χ3v) is 9.60. The number of hydrogen-bond donors (Lipinski definition) is 5. The van der Waals surface area contributed by atoms with Crippen LogP contribution in [-0.4, -0.2) is 100 Å². The molecule has 3 aliphatic carbocycles. The van der Waals surface area contributed by atoms with Crippen molar-refractivity contribution in [3.05, 3.63) is 87.9 Å². The number of fused-ring (bicyclic) bond motifs is 3. The maximum absolute atomic E-state index is 14.3. The molecule has 4 atom stereocenters. The number of Topliss-reactive ketones (excluding diaryl/α,β-unsaturated/α-hetero) is 2. The van der Waals surface area contributed by atoms with Gasteiger partial charge in [0, 0.05) is 43.4 Å². The van der Waals surface area contributed by atoms with Gasteiger partial charge in [0.25, 0.3) is 5.91 Å². The Morgan fingerprint density at radius 1 is 1.12 bits per heavy atom. The van der Waals surface area contributed by atoms with Crippen LogP contribution in [-0.2, 0) is 28.7 Å². The lowest BCUT2D eigenvalue weighted by atomic mass is 9.58. The highest BCUT2D eigenvalue weighted by Crippen LogP contribution is 2.53. The normalized spacial score (nSPS) is 23.0. The number of phenolic OH excluding ortho intramolecular Hbond substituents is 1. The molecule has 6 N–H and O–H groups in total. The zero-order chi connectivity index (χ0) is 37.9. The van der Waals surface area contributed by atoms with E-state index in [0.717, 1.165) is 17.0 Å². The van der Waals surface area contributed by atoms with Gasteiger partial charge in [0.1, 0.15) is 28.6 Å². The number of likely N-dealkylation sites (N-methyl/N-ethyl adjacent to an activating group) is 1. The Morgan fingerprint density at radius 2 is 1.78 bits per heavy atom. The van der Waals surface area contributed by atoms with E-state index in [-0.39, 0.29) is 41.8 Å². The Bertz CT molecular complexity index is 1920. The molecule has 0 saturated carbocycles. The van der Waals surface area contributed by atoms with Gasteiger partial charge in [-0.2, -0.15) is 13.2 Å². The second-order valence-corrected chi connectivity index (χ2v) is 13.2. The van der Waals surface area contributed by atoms with Gasteiger partial charge in [-0.15, -0.1) is 6.58 Å². The first kappa shape index (κ1) is 36.9. The van der Waals surface area contributed by atoms with Gasteiger partial charge in [-0.25, -0.2) is 4.79 Å². The van der Waals surface area contributed by atoms with Gasteiger partial charge in [0.2, 0.25) is 5.78 Å². The summed E-state index contributed by atoms with van der Waals surface area (Å²) in [6.07, 6.45) is -4.52. The molecule has 0 spiro atoms. The van der Waals surface area contributed by atoms with Crippen LogP contribution in [0.5, 0.6) is 11.5 Å². The fourth-order valence-electron chi connectivity index (χ4n) is 7.34. The van der Waals surface area contributed by atoms with E-state index in [1.54, 1.807) is 19.0 Å². The SMILES string of the molecule is C=CCN(Cc1cc(N(C)C)c2c(c1O)C(=O)C1=C(O)[C@]3(O)C(=O)C(C(N)=O)=C(O)[C@@H](N(C)C)[C@@H]3C[C@@H]1C2)C(=O)Oc1cccc(C(F)(F)F)c1. The van der Waals surface area contributed by atoms with Crippen LogP contribution >= 0.6 is 0 Å². The summed E-state index contributed by atoms with van der Waals surface area (Å²) in [4.78, 5) is 57.5. The predicted octanol–water partition coefficient (Wildman–Crippen LogP) is 3.39. The number of primary amides is 1. The number of benzene rings is 2. The molecule has 0 aliphatic heterocycles. The number of phenols is 1. The fourth-order valence-corrected chi connectivity index (χ4v) is 7.34. The topological polar surface area (TPSA) is 194 Å². The zero-order valence-electron chi connectivity index (χ0n) is 28.1. The summed E-state index contributed by atoms with van der Waals surface area (Å²) in [5.41, 5.74) is 0.789. The molecule has 2 amide bonds. The van der Waals surface area contributed by atoms with Gasteiger partial charge in [-0.05, 0) is 62.7 Å². The maximum atomic E-state index is 14.3. The van der Waals surface area contributed by atoms with Gasteiger partial charge in [0.05, 0.1) is 23.7 Å². The van der Waals surface area contributed by atoms with Crippen LogP contribution in [0.25, 0.3) is 0 Å². The van der Waals surface area contributed by atoms with Gasteiger partial charge in [-0.1, -0.05) is 12.1 Å². The zero-order valence-corrected chi connectivity index (χ0v) is 28.1. The molecule has 0 fully saturated rings. The van der Waals surface area contributed by atoms with Crippen LogP contribution in [0.1, 0.15) is 33.5 Å². The van der Waals surface area contributed by atoms with Crippen LogP contribution < -0.4 is 15.4 Å². The molecule has 51 heavy (non-hydrogen) atoms. The number of hydrogen-bond acceptors (Lipinski definition) is 11. The molecule has 2 aromatic carbocycles. The number of ether oxygens (including phenoxy) is 1. The Labute approximate surface area is 290 Å². The number of aliphatic hydroxyl groups is 3. The Balaban J connectivity index is 1.59. The van der Waals surface area contributed by atoms with E-state index < -0.39 is 88.2 Å². The number of carbonyl (C=O) groups excluding carboxylic acids is 4. The molecule has 0 saturated heterocycles. The number of carbonyl (C=O) groups is 4. The molecule has 0 aromatic heterocycles. The Morgan fingerprint density at radius 3 is 2.35 bits per heavy atom. The number of nitrogens with two attached hydrogens (primary N) is 1. The van der Waals surface area contributed by atoms with E-state index in [1.165, 1.54) is 37.2 Å². The van der Waals surface area contributed by atoms with E-state index in [9.17, 15) is 52.8 Å². The number of halogens is 3. The number of anilines is 1. The molecular weight excluding hydrogens is 677 g/mol. The van der Waals surface area contributed by atoms with Crippen molar-refractivity contribution in [2.75, 3.05) is 39.6 Å². The molecule has 2 aromatic rings. The van der Waals surface area contributed by atoms with E-state index in [4.69, 9.17) is 10.5 Å². The molecular formula is C35H37F3N4O9. The van der Waals surface area contributed by atoms with E-state index in [2.05, 4.69) is 6.58 Å². The van der Waals surface area contributed by atoms with E-state index in [1.807, 2.05) is 0 Å². The lowest BCUT2D eigenvalue weighted by molar-refractivity contribution is -0.148. The van der Waals surface area contributed by atoms with Crippen LogP contribution in [0.4, 0.5) is 23.7 Å². The van der Waals surface area contributed by atoms with Crippen LogP contribution in [0.15, 0.2) is 65.7 Å². The average Bonchev–Trinajstić information content (AvgIpc) is 3.02. The molecule has 13 nitrogen and oxygen atoms in total. The Kier molecular flexibility index (Phi) is 9.47. The third kappa shape index (κ3) is 6.07. The lowest BCUT2D eigenvalue weighted by Crippen LogP contribution is -2.63. The molecule has 5 rings (SSSR count). The summed E-state index contributed by atoms with van der Waals surface area (Å²) in [5, 5.41) is 46.1. The van der Waals surface area contributed by atoms with Crippen molar-refractivity contribution in [2.45, 2.75) is 37.2 Å². The summed E-state index contributed by atoms with van der Waals surface area (Å²) < 4.78 is 45.0. The molecule has 3 aliphatic rings. The van der Waals surface area contributed by atoms with Gasteiger partial charge in [-0.3, -0.25) is 24.2 Å². The number of aromatic hydroxyl groups is 1. The molecule has 16 heteroatoms. The first-order valence-electron chi connectivity index (χ1n) is 15.7. The third-order valence-electron chi connectivity index (χ3n) is 9.60. The van der Waals surface area contributed by atoms with Gasteiger partial charge < -0.3 is 35.8 Å². The largest absolute Gasteiger partial charge is 0.510 e. The maximum Gasteiger partial charge on any atom is 0.416 e. The van der Waals surface area contributed by atoms with Gasteiger partial charge >= 0.3 is 12.3 Å². The first-order chi connectivity index (χ1) is 23.7. The number of allylic oxidation sites excluding steroid dienone is 1. The minimum atomic E-state index is -4.69. The standard InChI is InChI=1S/C35H37F3N4O9/c1-6-10-42(33(49)51-19-9-7-8-18(14-19)35(36,37)38)15-17-13-22(40(2)3)20-11-16-12-21-26(41(4)5)29(45)25(32(39)48)31(47)34(21,50)30(46)23(16)28(44)24(20)27(17)43/h6-9,13-14,16,21,26,43,45-46,50H,1,10-12,15H2,2-5H3,(H2,39,48)/t16-,21-,26-,34-/m0/s1. The van der Waals surface area contributed by atoms with Crippen molar-refractivity contribution in [1.29, 1.82) is 0 Å². The van der Waals surface area contributed by atoms with Crippen molar-refractivity contribution < 1.29 is 57.5 Å². The summed E-state index contributed by atoms with van der Waals surface area (Å²) >= 11 is 0. The Hall–Kier alpha value is -5.35. The quantitative estimate of drug-likeness (QED) is 0.199. The number of ketones is 2. The van der Waals surface area contributed by atoms with Crippen LogP contribution in [0.2, 0.25) is 0 Å². The minimum Gasteiger partial charge on any atom is -0.510 e. The molecule has 0 heterocycles. The molecule has 0 radical (unpaired) electrons. The average molecular weight is 715 g/mol. The number of nitrogens with zero attached hydrogens (tertiary/aromatic N) is 3. The van der Waals surface area contributed by atoms with Crippen LogP contribution in [0, 0.1) is 11.8 Å². The second-order valence-electron chi connectivity index (χ2n) is 13.2. The van der Waals surface area contributed by atoms with E-state index in [0.29, 0.717) is 17.3 Å². The highest BCUT2D eigenvalue weighted by molar-refractivity contribution is 6.25. The summed E-state index contributed by atoms with van der Waals surface area (Å²) in [6, 6.07) is 4.09. The molecule has 0 bridgehead atoms. The van der Waals surface area contributed by atoms with E-state index >= 15 is 0 Å². The monoisotopic (exact) mass is 714 g/mol. The fraction of sp³-hybridized carbons (Fsp3) is 0.371. The van der Waals surface area contributed by atoms with Crippen molar-refractivity contribution in [3.8, 4) is 11.5 Å². The number of alkyl halides is 3. The van der Waals surface area contributed by atoms with Crippen molar-refractivity contribution in [2.24, 2.45) is 17.6 Å². The predicted molar refractivity (Wildman–Crippen MR) is 176 cm³/mol. The second kappa shape index (κ2) is 13.1. The molecule has 272 valence electrons. The first-order valence-corrected chi connectivity index (χ1v) is 15.7. The summed E-state index contributed by atoms with van der Waals surface area (Å²) in [5.74, 6) is -8.34. The molecule has 0 unspecified atom stereocenters. The summed E-state index contributed by atoms with van der Waals surface area (Å²) in [6.45, 7) is 3.01. The van der Waals surface area contributed by atoms with Crippen molar-refractivity contribution in [3.63, 3.8) is 0 Å². The highest BCUT2D eigenvalue weighted by atomic mass is 19.4. The smallest absolute Gasteiger partial charge is 0.416 e. The van der Waals surface area contributed by atoms with Crippen molar-refractivity contribution >= 4 is 29.3 Å². The number of rotatable bonds is 8. The highest BCUT2D eigenvalue weighted by Gasteiger charge is 2.63.